The van der Waals surface area contributed by atoms with Gasteiger partial charge in [0.25, 0.3) is 0 Å². The largest absolute Gasteiger partial charge is 0.494 e. The third-order valence-corrected chi connectivity index (χ3v) is 4.72. The normalized spacial score (nSPS) is 19.1. The Bertz CT molecular complexity index is 546. The Balaban J connectivity index is 1.69. The van der Waals surface area contributed by atoms with Crippen molar-refractivity contribution in [3.05, 3.63) is 23.2 Å². The lowest BCUT2D eigenvalue weighted by Gasteiger charge is -2.04. The number of thiazole rings is 1. The maximum absolute atomic E-state index is 5.54. The highest BCUT2D eigenvalue weighted by Gasteiger charge is 2.15. The van der Waals surface area contributed by atoms with Crippen molar-refractivity contribution in [3.63, 3.8) is 0 Å². The summed E-state index contributed by atoms with van der Waals surface area (Å²) in [5, 5.41) is 4.68. The van der Waals surface area contributed by atoms with Gasteiger partial charge in [0.05, 0.1) is 21.8 Å². The molecule has 2 heterocycles. The Hall–Kier alpha value is -1.13. The fourth-order valence-electron chi connectivity index (χ4n) is 2.60. The van der Waals surface area contributed by atoms with Crippen molar-refractivity contribution in [2.24, 2.45) is 5.92 Å². The lowest BCUT2D eigenvalue weighted by Crippen LogP contribution is -2.09. The zero-order valence-corrected chi connectivity index (χ0v) is 12.1. The van der Waals surface area contributed by atoms with E-state index in [1.165, 1.54) is 35.6 Å². The second-order valence-corrected chi connectivity index (χ2v) is 6.18. The van der Waals surface area contributed by atoms with Crippen molar-refractivity contribution < 1.29 is 4.74 Å². The molecule has 1 N–H and O–H groups in total. The van der Waals surface area contributed by atoms with Gasteiger partial charge in [-0.15, -0.1) is 11.3 Å². The molecule has 1 fully saturated rings. The van der Waals surface area contributed by atoms with Crippen molar-refractivity contribution in [2.45, 2.75) is 26.2 Å². The topological polar surface area (TPSA) is 34.1 Å². The molecule has 1 unspecified atom stereocenters. The minimum Gasteiger partial charge on any atom is -0.494 e. The first-order valence-corrected chi connectivity index (χ1v) is 7.90. The van der Waals surface area contributed by atoms with E-state index in [-0.39, 0.29) is 0 Å². The summed E-state index contributed by atoms with van der Waals surface area (Å²) < 4.78 is 6.78. The van der Waals surface area contributed by atoms with Crippen molar-refractivity contribution in [1.29, 1.82) is 0 Å². The van der Waals surface area contributed by atoms with Gasteiger partial charge in [0.2, 0.25) is 0 Å². The number of aryl methyl sites for hydroxylation is 1. The Morgan fingerprint density at radius 3 is 3.21 bits per heavy atom. The van der Waals surface area contributed by atoms with Crippen LogP contribution in [0.3, 0.4) is 0 Å². The lowest BCUT2D eigenvalue weighted by atomic mass is 10.0. The maximum atomic E-state index is 5.54. The van der Waals surface area contributed by atoms with Crippen LogP contribution in [0.25, 0.3) is 10.2 Å². The van der Waals surface area contributed by atoms with Gasteiger partial charge in [-0.25, -0.2) is 4.98 Å². The third-order valence-electron chi connectivity index (χ3n) is 3.64. The zero-order chi connectivity index (χ0) is 13.1. The number of ether oxygens (including phenoxy) is 1. The highest BCUT2D eigenvalue weighted by atomic mass is 32.1. The number of nitrogens with one attached hydrogen (secondary N) is 1. The van der Waals surface area contributed by atoms with Gasteiger partial charge in [0.1, 0.15) is 5.75 Å². The molecule has 1 aromatic heterocycles. The Labute approximate surface area is 118 Å². The molecule has 3 nitrogen and oxygen atoms in total. The van der Waals surface area contributed by atoms with E-state index in [1.807, 2.05) is 24.3 Å². The molecule has 102 valence electrons. The van der Waals surface area contributed by atoms with Gasteiger partial charge in [0.15, 0.2) is 0 Å². The highest BCUT2D eigenvalue weighted by Crippen LogP contribution is 2.28. The predicted molar refractivity (Wildman–Crippen MR) is 80.1 cm³/mol. The molecule has 0 spiro atoms. The Morgan fingerprint density at radius 1 is 1.47 bits per heavy atom. The molecule has 1 atom stereocenters. The molecule has 1 aliphatic rings. The van der Waals surface area contributed by atoms with Crippen LogP contribution in [0.5, 0.6) is 5.75 Å². The highest BCUT2D eigenvalue weighted by molar-refractivity contribution is 7.18. The van der Waals surface area contributed by atoms with E-state index in [4.69, 9.17) is 9.72 Å². The molecule has 1 aromatic carbocycles. The molecule has 0 aliphatic carbocycles. The Kier molecular flexibility index (Phi) is 3.99. The third kappa shape index (κ3) is 3.07. The van der Waals surface area contributed by atoms with Gasteiger partial charge in [-0.3, -0.25) is 0 Å². The van der Waals surface area contributed by atoms with E-state index in [9.17, 15) is 0 Å². The first kappa shape index (κ1) is 12.9. The van der Waals surface area contributed by atoms with Crippen LogP contribution in [0.1, 0.15) is 24.8 Å². The van der Waals surface area contributed by atoms with E-state index >= 15 is 0 Å². The molecular formula is C15H20N2OS. The van der Waals surface area contributed by atoms with Crippen LogP contribution >= 0.6 is 11.3 Å². The summed E-state index contributed by atoms with van der Waals surface area (Å²) in [7, 11) is 0. The molecule has 0 bridgehead atoms. The molecule has 0 radical (unpaired) electrons. The van der Waals surface area contributed by atoms with Gasteiger partial charge in [-0.05, 0) is 63.4 Å². The molecule has 1 aliphatic heterocycles. The summed E-state index contributed by atoms with van der Waals surface area (Å²) >= 11 is 1.81. The van der Waals surface area contributed by atoms with E-state index in [2.05, 4.69) is 17.4 Å². The number of rotatable bonds is 5. The standard InChI is InChI=1S/C15H20N2OS/c1-2-18-12-4-5-13-14(9-12)19-15(17-13)6-3-11-7-8-16-10-11/h4-5,9,11,16H,2-3,6-8,10H2,1H3. The summed E-state index contributed by atoms with van der Waals surface area (Å²) in [5.41, 5.74) is 1.10. The summed E-state index contributed by atoms with van der Waals surface area (Å²) in [6.07, 6.45) is 3.68. The Morgan fingerprint density at radius 2 is 2.42 bits per heavy atom. The SMILES string of the molecule is CCOc1ccc2nc(CCC3CCNC3)sc2c1. The van der Waals surface area contributed by atoms with Crippen molar-refractivity contribution in [1.82, 2.24) is 10.3 Å². The molecule has 2 aromatic rings. The van der Waals surface area contributed by atoms with Crippen LogP contribution in [0.2, 0.25) is 0 Å². The fourth-order valence-corrected chi connectivity index (χ4v) is 3.62. The fraction of sp³-hybridized carbons (Fsp3) is 0.533. The molecule has 19 heavy (non-hydrogen) atoms. The van der Waals surface area contributed by atoms with E-state index in [1.54, 1.807) is 0 Å². The van der Waals surface area contributed by atoms with Crippen LogP contribution in [-0.4, -0.2) is 24.7 Å². The van der Waals surface area contributed by atoms with Gasteiger partial charge in [0, 0.05) is 0 Å². The quantitative estimate of drug-likeness (QED) is 0.910. The van der Waals surface area contributed by atoms with Crippen LogP contribution in [0, 0.1) is 5.92 Å². The number of fused-ring (bicyclic) bond motifs is 1. The first-order chi connectivity index (χ1) is 9.35. The van der Waals surface area contributed by atoms with E-state index < -0.39 is 0 Å². The van der Waals surface area contributed by atoms with Gasteiger partial charge >= 0.3 is 0 Å². The number of benzene rings is 1. The number of hydrogen-bond acceptors (Lipinski definition) is 4. The van der Waals surface area contributed by atoms with Crippen LogP contribution in [-0.2, 0) is 6.42 Å². The number of hydrogen-bond donors (Lipinski definition) is 1. The van der Waals surface area contributed by atoms with Crippen molar-refractivity contribution in [3.8, 4) is 5.75 Å². The molecule has 4 heteroatoms. The van der Waals surface area contributed by atoms with Gasteiger partial charge < -0.3 is 10.1 Å². The lowest BCUT2D eigenvalue weighted by molar-refractivity contribution is 0.341. The predicted octanol–water partition coefficient (Wildman–Crippen LogP) is 3.24. The molecule has 0 saturated carbocycles. The van der Waals surface area contributed by atoms with E-state index in [0.29, 0.717) is 6.61 Å². The first-order valence-electron chi connectivity index (χ1n) is 7.08. The minimum atomic E-state index is 0.714. The summed E-state index contributed by atoms with van der Waals surface area (Å²) in [5.74, 6) is 1.79. The molecule has 3 rings (SSSR count). The average Bonchev–Trinajstić information content (AvgIpc) is 3.05. The monoisotopic (exact) mass is 276 g/mol. The van der Waals surface area contributed by atoms with Crippen LogP contribution in [0.15, 0.2) is 18.2 Å². The maximum Gasteiger partial charge on any atom is 0.120 e. The van der Waals surface area contributed by atoms with Gasteiger partial charge in [-0.2, -0.15) is 0 Å². The summed E-state index contributed by atoms with van der Waals surface area (Å²) in [6, 6.07) is 6.19. The number of nitrogens with zero attached hydrogens (tertiary/aromatic N) is 1. The van der Waals surface area contributed by atoms with E-state index in [0.717, 1.165) is 23.6 Å². The molecular weight excluding hydrogens is 256 g/mol. The van der Waals surface area contributed by atoms with Crippen LogP contribution < -0.4 is 10.1 Å². The van der Waals surface area contributed by atoms with Crippen molar-refractivity contribution in [2.75, 3.05) is 19.7 Å². The second-order valence-electron chi connectivity index (χ2n) is 5.07. The second kappa shape index (κ2) is 5.88. The number of aromatic nitrogens is 1. The molecule has 0 amide bonds. The minimum absolute atomic E-state index is 0.714. The van der Waals surface area contributed by atoms with Crippen LogP contribution in [0.4, 0.5) is 0 Å². The van der Waals surface area contributed by atoms with Crippen molar-refractivity contribution >= 4 is 21.6 Å². The summed E-state index contributed by atoms with van der Waals surface area (Å²) in [6.45, 7) is 5.09. The summed E-state index contributed by atoms with van der Waals surface area (Å²) in [4.78, 5) is 4.72. The molecule has 1 saturated heterocycles. The average molecular weight is 276 g/mol. The zero-order valence-electron chi connectivity index (χ0n) is 11.3. The van der Waals surface area contributed by atoms with Gasteiger partial charge in [-0.1, -0.05) is 0 Å². The smallest absolute Gasteiger partial charge is 0.120 e.